The molecule has 0 radical (unpaired) electrons. The lowest BCUT2D eigenvalue weighted by Gasteiger charge is -2.27. The number of hydrogen-bond donors (Lipinski definition) is 1. The Morgan fingerprint density at radius 1 is 0.347 bits per heavy atom. The predicted octanol–water partition coefficient (Wildman–Crippen LogP) is 9.68. The SMILES string of the molecule is C=CCCCO[C@@H]1O[C@H](CO[C@@H]2O[C@@H](CO[C@H]3O[C@H](CO)[C@@H](OCc4ccccc4)[C@H]3OCc3ccccc3)[C@H](OCc3ccccc3)[C@@H]2OCc2ccccc2)[C@@H](OCc2ccccc2)[C@H]1OCc1ccccc1. The van der Waals surface area contributed by atoms with Gasteiger partial charge in [0.1, 0.15) is 54.9 Å². The quantitative estimate of drug-likeness (QED) is 0.0340. The van der Waals surface area contributed by atoms with E-state index in [2.05, 4.69) is 6.58 Å². The van der Waals surface area contributed by atoms with E-state index in [9.17, 15) is 5.11 Å². The molecule has 0 spiro atoms. The first-order chi connectivity index (χ1) is 37.1. The lowest BCUT2D eigenvalue weighted by molar-refractivity contribution is -0.226. The van der Waals surface area contributed by atoms with Crippen LogP contribution in [0.5, 0.6) is 0 Å². The summed E-state index contributed by atoms with van der Waals surface area (Å²) in [7, 11) is 0. The average Bonchev–Trinajstić information content (AvgIpc) is 4.12. The normalized spacial score (nSPS) is 26.4. The van der Waals surface area contributed by atoms with Crippen LogP contribution in [0.15, 0.2) is 195 Å². The summed E-state index contributed by atoms with van der Waals surface area (Å²) in [6, 6.07) is 59.7. The molecule has 396 valence electrons. The van der Waals surface area contributed by atoms with Crippen molar-refractivity contribution in [3.8, 4) is 0 Å². The van der Waals surface area contributed by atoms with Crippen molar-refractivity contribution >= 4 is 0 Å². The van der Waals surface area contributed by atoms with Crippen LogP contribution in [0.25, 0.3) is 0 Å². The predicted molar refractivity (Wildman–Crippen MR) is 280 cm³/mol. The second kappa shape index (κ2) is 29.2. The molecule has 0 saturated carbocycles. The van der Waals surface area contributed by atoms with E-state index in [0.717, 1.165) is 46.2 Å². The first-order valence-corrected chi connectivity index (χ1v) is 26.1. The molecule has 6 aromatic carbocycles. The van der Waals surface area contributed by atoms with Gasteiger partial charge >= 0.3 is 0 Å². The highest BCUT2D eigenvalue weighted by Crippen LogP contribution is 2.36. The fourth-order valence-electron chi connectivity index (χ4n) is 9.43. The first-order valence-electron chi connectivity index (χ1n) is 26.1. The molecule has 0 aromatic heterocycles. The fourth-order valence-corrected chi connectivity index (χ4v) is 9.43. The van der Waals surface area contributed by atoms with Gasteiger partial charge < -0.3 is 61.9 Å². The minimum absolute atomic E-state index is 0.0112. The number of allylic oxidation sites excluding steroid dienone is 1. The summed E-state index contributed by atoms with van der Waals surface area (Å²) in [5.41, 5.74) is 5.90. The van der Waals surface area contributed by atoms with Crippen molar-refractivity contribution < 1.29 is 61.9 Å². The molecule has 0 aliphatic carbocycles. The van der Waals surface area contributed by atoms with E-state index in [-0.39, 0.29) is 46.2 Å². The molecule has 6 aromatic rings. The van der Waals surface area contributed by atoms with Gasteiger partial charge in [0.05, 0.1) is 66.1 Å². The molecule has 0 unspecified atom stereocenters. The van der Waals surface area contributed by atoms with E-state index < -0.39 is 73.8 Å². The monoisotopic (exact) mass is 1020 g/mol. The highest BCUT2D eigenvalue weighted by atomic mass is 16.8. The number of aliphatic hydroxyl groups is 1. The van der Waals surface area contributed by atoms with Gasteiger partial charge in [0.25, 0.3) is 0 Å². The molecule has 13 heteroatoms. The number of aliphatic hydroxyl groups excluding tert-OH is 1. The number of rotatable bonds is 30. The molecule has 0 amide bonds. The Kier molecular flexibility index (Phi) is 21.1. The molecule has 75 heavy (non-hydrogen) atoms. The molecule has 1 N–H and O–H groups in total. The molecule has 3 heterocycles. The van der Waals surface area contributed by atoms with Gasteiger partial charge in [-0.3, -0.25) is 0 Å². The summed E-state index contributed by atoms with van der Waals surface area (Å²) >= 11 is 0. The molecule has 0 bridgehead atoms. The lowest BCUT2D eigenvalue weighted by atomic mass is 10.1. The maximum Gasteiger partial charge on any atom is 0.187 e. The molecule has 3 aliphatic heterocycles. The smallest absolute Gasteiger partial charge is 0.187 e. The second-order valence-corrected chi connectivity index (χ2v) is 18.8. The van der Waals surface area contributed by atoms with E-state index in [1.165, 1.54) is 0 Å². The molecule has 3 aliphatic rings. The van der Waals surface area contributed by atoms with Crippen molar-refractivity contribution in [1.29, 1.82) is 0 Å². The summed E-state index contributed by atoms with van der Waals surface area (Å²) in [6.07, 6.45) is -5.34. The zero-order valence-electron chi connectivity index (χ0n) is 42.4. The summed E-state index contributed by atoms with van der Waals surface area (Å²) in [6.45, 7) is 5.75. The van der Waals surface area contributed by atoms with Gasteiger partial charge in [0.15, 0.2) is 18.9 Å². The minimum Gasteiger partial charge on any atom is -0.394 e. The number of unbranched alkanes of at least 4 members (excludes halogenated alkanes) is 1. The first kappa shape index (κ1) is 54.3. The van der Waals surface area contributed by atoms with Crippen LogP contribution in [0.1, 0.15) is 46.2 Å². The molecule has 3 saturated heterocycles. The molecule has 9 rings (SSSR count). The van der Waals surface area contributed by atoms with Gasteiger partial charge in [0.2, 0.25) is 0 Å². The molecule has 13 nitrogen and oxygen atoms in total. The molecular weight excluding hydrogens is 953 g/mol. The van der Waals surface area contributed by atoms with Crippen LogP contribution in [0.4, 0.5) is 0 Å². The second-order valence-electron chi connectivity index (χ2n) is 18.8. The number of benzene rings is 6. The van der Waals surface area contributed by atoms with Crippen LogP contribution in [0.2, 0.25) is 0 Å². The molecular formula is C62H70O13. The fraction of sp³-hybridized carbons (Fsp3) is 0.387. The van der Waals surface area contributed by atoms with Gasteiger partial charge in [-0.1, -0.05) is 188 Å². The van der Waals surface area contributed by atoms with Crippen LogP contribution < -0.4 is 0 Å². The summed E-state index contributed by atoms with van der Waals surface area (Å²) in [4.78, 5) is 0. The lowest BCUT2D eigenvalue weighted by Crippen LogP contribution is -2.43. The van der Waals surface area contributed by atoms with Gasteiger partial charge in [-0.25, -0.2) is 0 Å². The van der Waals surface area contributed by atoms with E-state index >= 15 is 0 Å². The van der Waals surface area contributed by atoms with Crippen LogP contribution in [-0.2, 0) is 96.5 Å². The largest absolute Gasteiger partial charge is 0.394 e. The van der Waals surface area contributed by atoms with Crippen molar-refractivity contribution in [2.45, 2.75) is 126 Å². The van der Waals surface area contributed by atoms with Crippen LogP contribution in [0.3, 0.4) is 0 Å². The van der Waals surface area contributed by atoms with E-state index in [0.29, 0.717) is 19.8 Å². The highest BCUT2D eigenvalue weighted by molar-refractivity contribution is 5.18. The van der Waals surface area contributed by atoms with Crippen LogP contribution in [0, 0.1) is 0 Å². The Morgan fingerprint density at radius 3 is 0.907 bits per heavy atom. The molecule has 3 fully saturated rings. The standard InChI is InChI=1S/C62H70O13/c1-2-3-22-35-64-60-58(69-41-49-31-18-8-19-32-49)55(66-38-46-25-12-5-13-26-46)52(74-60)43-72-62-59(70-42-50-33-20-9-21-34-50)56(67-39-47-27-14-6-15-28-47)53(75-62)44-71-61-57(68-40-48-29-16-7-17-30-48)54(51(36-63)73-61)65-37-45-23-10-4-11-24-45/h2,4-21,23-34,51-63H,1,3,22,35-44H2/t51-,52-,53+,54-,55-,56+,57-,58-,59+,60-,61+,62-/m1/s1. The van der Waals surface area contributed by atoms with Crippen LogP contribution >= 0.6 is 0 Å². The maximum absolute atomic E-state index is 10.7. The minimum atomic E-state index is -0.959. The van der Waals surface area contributed by atoms with Crippen molar-refractivity contribution in [3.63, 3.8) is 0 Å². The highest BCUT2D eigenvalue weighted by Gasteiger charge is 2.52. The Hall–Kier alpha value is -5.46. The van der Waals surface area contributed by atoms with Crippen molar-refractivity contribution in [1.82, 2.24) is 0 Å². The maximum atomic E-state index is 10.7. The van der Waals surface area contributed by atoms with Crippen molar-refractivity contribution in [3.05, 3.63) is 228 Å². The Labute approximate surface area is 441 Å². The zero-order chi connectivity index (χ0) is 51.3. The number of ether oxygens (including phenoxy) is 12. The Morgan fingerprint density at radius 2 is 0.613 bits per heavy atom. The Bertz CT molecular complexity index is 2490. The summed E-state index contributed by atoms with van der Waals surface area (Å²) < 4.78 is 80.3. The Balaban J connectivity index is 0.973. The molecule has 12 atom stereocenters. The zero-order valence-corrected chi connectivity index (χ0v) is 42.4. The van der Waals surface area contributed by atoms with E-state index in [1.54, 1.807) is 0 Å². The van der Waals surface area contributed by atoms with E-state index in [4.69, 9.17) is 56.8 Å². The summed E-state index contributed by atoms with van der Waals surface area (Å²) in [5, 5.41) is 10.7. The van der Waals surface area contributed by atoms with Gasteiger partial charge in [-0.2, -0.15) is 0 Å². The third-order valence-corrected chi connectivity index (χ3v) is 13.4. The average molecular weight is 1020 g/mol. The van der Waals surface area contributed by atoms with Crippen LogP contribution in [-0.4, -0.2) is 105 Å². The van der Waals surface area contributed by atoms with Gasteiger partial charge in [0, 0.05) is 0 Å². The van der Waals surface area contributed by atoms with E-state index in [1.807, 2.05) is 188 Å². The van der Waals surface area contributed by atoms with Gasteiger partial charge in [-0.05, 0) is 46.2 Å². The van der Waals surface area contributed by atoms with Crippen molar-refractivity contribution in [2.24, 2.45) is 0 Å². The number of hydrogen-bond acceptors (Lipinski definition) is 13. The third kappa shape index (κ3) is 15.8. The van der Waals surface area contributed by atoms with Gasteiger partial charge in [-0.15, -0.1) is 6.58 Å². The summed E-state index contributed by atoms with van der Waals surface area (Å²) in [5.74, 6) is 0. The topological polar surface area (TPSA) is 131 Å². The third-order valence-electron chi connectivity index (χ3n) is 13.4. The van der Waals surface area contributed by atoms with Crippen molar-refractivity contribution in [2.75, 3.05) is 26.4 Å².